The van der Waals surface area contributed by atoms with E-state index in [1.54, 1.807) is 0 Å². The van der Waals surface area contributed by atoms with Crippen molar-refractivity contribution in [3.05, 3.63) is 46.2 Å². The van der Waals surface area contributed by atoms with Gasteiger partial charge in [0.15, 0.2) is 0 Å². The monoisotopic (exact) mass is 329 g/mol. The Morgan fingerprint density at radius 1 is 1.22 bits per heavy atom. The molecule has 1 atom stereocenters. The van der Waals surface area contributed by atoms with Gasteiger partial charge in [0.05, 0.1) is 4.92 Å². The van der Waals surface area contributed by atoms with Gasteiger partial charge in [-0.05, 0) is 12.1 Å². The molecule has 11 heteroatoms. The number of nitro benzene ring substituents is 1. The third-order valence-corrected chi connectivity index (χ3v) is 3.09. The summed E-state index contributed by atoms with van der Waals surface area (Å²) in [4.78, 5) is 14.4. The van der Waals surface area contributed by atoms with E-state index in [0.29, 0.717) is 6.40 Å². The molecule has 23 heavy (non-hydrogen) atoms. The number of alkyl halides is 3. The maximum atomic E-state index is 13.4. The van der Waals surface area contributed by atoms with E-state index in [0.717, 1.165) is 18.4 Å². The molecule has 1 aromatic carbocycles. The van der Waals surface area contributed by atoms with Crippen LogP contribution in [0.2, 0.25) is 0 Å². The number of aromatic nitrogens is 1. The van der Waals surface area contributed by atoms with Crippen molar-refractivity contribution < 1.29 is 32.2 Å². The second kappa shape index (κ2) is 4.97. The van der Waals surface area contributed by atoms with Crippen LogP contribution in [0.4, 0.5) is 18.9 Å². The zero-order valence-corrected chi connectivity index (χ0v) is 11.0. The lowest BCUT2D eigenvalue weighted by molar-refractivity contribution is -0.384. The number of ether oxygens (including phenoxy) is 1. The van der Waals surface area contributed by atoms with Crippen molar-refractivity contribution in [2.75, 3.05) is 0 Å². The van der Waals surface area contributed by atoms with Gasteiger partial charge < -0.3 is 14.1 Å². The zero-order chi connectivity index (χ0) is 16.7. The summed E-state index contributed by atoms with van der Waals surface area (Å²) in [5.74, 6) is -3.18. The molecular weight excluding hydrogens is 323 g/mol. The van der Waals surface area contributed by atoms with E-state index in [1.165, 1.54) is 12.1 Å². The highest BCUT2D eigenvalue weighted by molar-refractivity contribution is 5.65. The molecule has 1 aromatic heterocycles. The maximum absolute atomic E-state index is 13.4. The smallest absolute Gasteiger partial charge is 0.425 e. The minimum absolute atomic E-state index is 0.155. The first-order valence-electron chi connectivity index (χ1n) is 5.99. The van der Waals surface area contributed by atoms with E-state index in [4.69, 9.17) is 0 Å². The van der Waals surface area contributed by atoms with Crippen LogP contribution in [0.3, 0.4) is 0 Å². The highest BCUT2D eigenvalue weighted by Crippen LogP contribution is 2.47. The molecule has 0 bridgehead atoms. The van der Waals surface area contributed by atoms with Crippen molar-refractivity contribution in [3.8, 4) is 11.3 Å². The van der Waals surface area contributed by atoms with Gasteiger partial charge in [0.2, 0.25) is 6.40 Å². The minimum atomic E-state index is -4.97. The van der Waals surface area contributed by atoms with Gasteiger partial charge in [-0.15, -0.1) is 0 Å². The normalized spacial score (nSPS) is 20.1. The SMILES string of the molecule is O=[N+]([O-])c1ccc(-c2nocc2[C@]2(C(F)(F)F)OC=NO2)cc1. The van der Waals surface area contributed by atoms with E-state index in [-0.39, 0.29) is 16.9 Å². The van der Waals surface area contributed by atoms with E-state index < -0.39 is 22.5 Å². The van der Waals surface area contributed by atoms with Crippen LogP contribution in [0, 0.1) is 10.1 Å². The number of non-ortho nitro benzene ring substituents is 1. The Labute approximate surface area is 125 Å². The number of rotatable bonds is 3. The molecule has 120 valence electrons. The first-order chi connectivity index (χ1) is 10.8. The summed E-state index contributed by atoms with van der Waals surface area (Å²) in [6.45, 7) is 0. The van der Waals surface area contributed by atoms with Crippen molar-refractivity contribution in [1.82, 2.24) is 5.16 Å². The van der Waals surface area contributed by atoms with Crippen molar-refractivity contribution in [3.63, 3.8) is 0 Å². The lowest BCUT2D eigenvalue weighted by Crippen LogP contribution is -2.43. The summed E-state index contributed by atoms with van der Waals surface area (Å²) >= 11 is 0. The van der Waals surface area contributed by atoms with Gasteiger partial charge in [-0.3, -0.25) is 10.1 Å². The molecule has 2 heterocycles. The summed E-state index contributed by atoms with van der Waals surface area (Å²) < 4.78 is 49.2. The molecule has 1 aliphatic rings. The largest absolute Gasteiger partial charge is 0.475 e. The second-order valence-corrected chi connectivity index (χ2v) is 4.42. The minimum Gasteiger partial charge on any atom is -0.425 e. The van der Waals surface area contributed by atoms with Crippen LogP contribution in [0.5, 0.6) is 0 Å². The predicted molar refractivity (Wildman–Crippen MR) is 67.0 cm³/mol. The highest BCUT2D eigenvalue weighted by Gasteiger charge is 2.66. The molecule has 0 N–H and O–H groups in total. The summed E-state index contributed by atoms with van der Waals surface area (Å²) in [5.41, 5.74) is -0.859. The van der Waals surface area contributed by atoms with Crippen molar-refractivity contribution in [2.24, 2.45) is 5.16 Å². The third kappa shape index (κ3) is 2.25. The molecule has 8 nitrogen and oxygen atoms in total. The van der Waals surface area contributed by atoms with Crippen molar-refractivity contribution in [1.29, 1.82) is 0 Å². The first-order valence-corrected chi connectivity index (χ1v) is 5.99. The third-order valence-electron chi connectivity index (χ3n) is 3.09. The van der Waals surface area contributed by atoms with Crippen LogP contribution in [0.1, 0.15) is 5.56 Å². The Bertz CT molecular complexity index is 761. The molecule has 0 saturated heterocycles. The van der Waals surface area contributed by atoms with E-state index in [1.807, 2.05) is 0 Å². The number of hydrogen-bond acceptors (Lipinski definition) is 7. The van der Waals surface area contributed by atoms with Crippen LogP contribution in [0.15, 0.2) is 40.2 Å². The van der Waals surface area contributed by atoms with E-state index in [2.05, 4.69) is 24.4 Å². The van der Waals surface area contributed by atoms with Crippen molar-refractivity contribution in [2.45, 2.75) is 12.0 Å². The predicted octanol–water partition coefficient (Wildman–Crippen LogP) is 2.96. The van der Waals surface area contributed by atoms with Crippen LogP contribution in [-0.2, 0) is 15.4 Å². The average Bonchev–Trinajstić information content (AvgIpc) is 3.16. The van der Waals surface area contributed by atoms with Crippen LogP contribution < -0.4 is 0 Å². The number of halogens is 3. The second-order valence-electron chi connectivity index (χ2n) is 4.42. The Morgan fingerprint density at radius 2 is 1.91 bits per heavy atom. The van der Waals surface area contributed by atoms with Gasteiger partial charge in [-0.2, -0.15) is 13.2 Å². The topological polar surface area (TPSA) is 100.0 Å². The lowest BCUT2D eigenvalue weighted by Gasteiger charge is -2.26. The molecule has 0 amide bonds. The van der Waals surface area contributed by atoms with Crippen molar-refractivity contribution >= 4 is 12.1 Å². The van der Waals surface area contributed by atoms with Gasteiger partial charge >= 0.3 is 12.0 Å². The van der Waals surface area contributed by atoms with E-state index in [9.17, 15) is 23.3 Å². The molecule has 0 aliphatic carbocycles. The molecule has 1 aliphatic heterocycles. The Morgan fingerprint density at radius 3 is 2.43 bits per heavy atom. The molecule has 0 unspecified atom stereocenters. The molecule has 0 radical (unpaired) electrons. The number of hydrogen-bond donors (Lipinski definition) is 0. The van der Waals surface area contributed by atoms with Gasteiger partial charge in [-0.1, -0.05) is 10.3 Å². The Kier molecular flexibility index (Phi) is 3.20. The van der Waals surface area contributed by atoms with Crippen LogP contribution >= 0.6 is 0 Å². The number of nitrogens with zero attached hydrogens (tertiary/aromatic N) is 3. The molecule has 0 fully saturated rings. The number of nitro groups is 1. The molecule has 3 rings (SSSR count). The Hall–Kier alpha value is -3.11. The molecule has 0 saturated carbocycles. The maximum Gasteiger partial charge on any atom is 0.475 e. The molecule has 0 spiro atoms. The zero-order valence-electron chi connectivity index (χ0n) is 11.0. The lowest BCUT2D eigenvalue weighted by atomic mass is 10.0. The average molecular weight is 329 g/mol. The standard InChI is InChI=1S/C12H6F3N3O5/c13-12(14,15)11(21-6-16-23-11)9-5-22-17-10(9)7-1-3-8(4-2-7)18(19)20/h1-6H/t11-/m0/s1. The Balaban J connectivity index is 2.07. The van der Waals surface area contributed by atoms with E-state index >= 15 is 0 Å². The molecule has 2 aromatic rings. The van der Waals surface area contributed by atoms with Crippen LogP contribution in [-0.4, -0.2) is 22.7 Å². The van der Waals surface area contributed by atoms with Gasteiger partial charge in [0.25, 0.3) is 5.69 Å². The summed E-state index contributed by atoms with van der Waals surface area (Å²) in [5, 5.41) is 17.1. The quantitative estimate of drug-likeness (QED) is 0.634. The summed E-state index contributed by atoms with van der Waals surface area (Å²) in [7, 11) is 0. The van der Waals surface area contributed by atoms with Crippen LogP contribution in [0.25, 0.3) is 11.3 Å². The summed E-state index contributed by atoms with van der Waals surface area (Å²) in [6, 6.07) is 4.72. The van der Waals surface area contributed by atoms with Gasteiger partial charge in [0, 0.05) is 17.7 Å². The van der Waals surface area contributed by atoms with Gasteiger partial charge in [-0.25, -0.2) is 0 Å². The fraction of sp³-hybridized carbons (Fsp3) is 0.167. The molecular formula is C12H6F3N3O5. The summed E-state index contributed by atoms with van der Waals surface area (Å²) in [6.07, 6.45) is -3.73. The number of oxime groups is 1. The van der Waals surface area contributed by atoms with Gasteiger partial charge in [0.1, 0.15) is 17.5 Å². The fourth-order valence-electron chi connectivity index (χ4n) is 2.02. The number of benzene rings is 1. The fourth-order valence-corrected chi connectivity index (χ4v) is 2.02. The first kappa shape index (κ1) is 14.8. The highest BCUT2D eigenvalue weighted by atomic mass is 19.4.